The number of nitrogens with zero attached hydrogens (tertiary/aromatic N) is 1. The van der Waals surface area contributed by atoms with Crippen LogP contribution in [0.2, 0.25) is 0 Å². The topological polar surface area (TPSA) is 15.3 Å². The predicted molar refractivity (Wildman–Crippen MR) is 82.2 cm³/mol. The van der Waals surface area contributed by atoms with Crippen molar-refractivity contribution < 1.29 is 0 Å². The average Bonchev–Trinajstić information content (AvgIpc) is 2.47. The van der Waals surface area contributed by atoms with Crippen LogP contribution in [0.25, 0.3) is 0 Å². The molecule has 1 aromatic rings. The number of nitrogens with one attached hydrogen (secondary N) is 1. The van der Waals surface area contributed by atoms with Gasteiger partial charge in [-0.15, -0.1) is 6.58 Å². The van der Waals surface area contributed by atoms with Gasteiger partial charge in [-0.1, -0.05) is 56.7 Å². The monoisotopic (exact) mass is 258 g/mol. The Hall–Kier alpha value is -1.12. The van der Waals surface area contributed by atoms with E-state index in [4.69, 9.17) is 0 Å². The summed E-state index contributed by atoms with van der Waals surface area (Å²) in [5, 5.41) is 3.71. The van der Waals surface area contributed by atoms with E-state index in [-0.39, 0.29) is 0 Å². The summed E-state index contributed by atoms with van der Waals surface area (Å²) in [6.07, 6.45) is 3.26. The second-order valence-electron chi connectivity index (χ2n) is 5.57. The Kier molecular flexibility index (Phi) is 5.17. The molecule has 1 aromatic carbocycles. The summed E-state index contributed by atoms with van der Waals surface area (Å²) < 4.78 is 0. The van der Waals surface area contributed by atoms with Crippen LogP contribution in [0, 0.1) is 5.92 Å². The lowest BCUT2D eigenvalue weighted by Crippen LogP contribution is -2.55. The molecular formula is C17H26N2. The summed E-state index contributed by atoms with van der Waals surface area (Å²) in [6.45, 7) is 11.7. The van der Waals surface area contributed by atoms with Crippen molar-refractivity contribution in [2.24, 2.45) is 5.92 Å². The minimum Gasteiger partial charge on any atom is -0.307 e. The smallest absolute Gasteiger partial charge is 0.0450 e. The fraction of sp³-hybridized carbons (Fsp3) is 0.529. The van der Waals surface area contributed by atoms with Gasteiger partial charge in [0.05, 0.1) is 0 Å². The van der Waals surface area contributed by atoms with Crippen molar-refractivity contribution in [3.8, 4) is 0 Å². The van der Waals surface area contributed by atoms with Crippen molar-refractivity contribution in [1.29, 1.82) is 0 Å². The second-order valence-corrected chi connectivity index (χ2v) is 5.57. The Morgan fingerprint density at radius 2 is 2.16 bits per heavy atom. The van der Waals surface area contributed by atoms with Gasteiger partial charge in [0.1, 0.15) is 0 Å². The molecule has 0 amide bonds. The number of benzene rings is 1. The Balaban J connectivity index is 2.08. The Bertz CT molecular complexity index is 388. The molecule has 19 heavy (non-hydrogen) atoms. The van der Waals surface area contributed by atoms with E-state index in [1.807, 2.05) is 6.08 Å². The highest BCUT2D eigenvalue weighted by molar-refractivity contribution is 5.20. The van der Waals surface area contributed by atoms with E-state index >= 15 is 0 Å². The van der Waals surface area contributed by atoms with Gasteiger partial charge in [-0.2, -0.15) is 0 Å². The third kappa shape index (κ3) is 3.46. The van der Waals surface area contributed by atoms with Gasteiger partial charge in [-0.25, -0.2) is 0 Å². The molecule has 2 nitrogen and oxygen atoms in total. The maximum Gasteiger partial charge on any atom is 0.0450 e. The van der Waals surface area contributed by atoms with E-state index in [0.717, 1.165) is 25.6 Å². The van der Waals surface area contributed by atoms with Crippen LogP contribution in [0.3, 0.4) is 0 Å². The standard InChI is InChI=1S/C17H26N2/c1-4-11-19-13-16(15-9-7-6-8-10-15)18-12-17(19)14(3)5-2/h4,6-10,14,16-18H,1,5,11-13H2,2-3H3. The molecule has 1 heterocycles. The summed E-state index contributed by atoms with van der Waals surface area (Å²) in [5.74, 6) is 0.726. The molecule has 1 N–H and O–H groups in total. The van der Waals surface area contributed by atoms with Crippen molar-refractivity contribution in [3.05, 3.63) is 48.6 Å². The molecule has 1 fully saturated rings. The fourth-order valence-electron chi connectivity index (χ4n) is 2.94. The van der Waals surface area contributed by atoms with Crippen LogP contribution >= 0.6 is 0 Å². The number of hydrogen-bond donors (Lipinski definition) is 1. The molecule has 1 aliphatic rings. The first-order valence-electron chi connectivity index (χ1n) is 7.39. The Morgan fingerprint density at radius 1 is 1.42 bits per heavy atom. The minimum absolute atomic E-state index is 0.446. The van der Waals surface area contributed by atoms with E-state index in [1.54, 1.807) is 0 Å². The Morgan fingerprint density at radius 3 is 2.79 bits per heavy atom. The Labute approximate surface area is 117 Å². The maximum absolute atomic E-state index is 3.91. The van der Waals surface area contributed by atoms with E-state index in [0.29, 0.717) is 12.1 Å². The molecule has 104 valence electrons. The third-order valence-corrected chi connectivity index (χ3v) is 4.33. The minimum atomic E-state index is 0.446. The molecule has 1 aliphatic heterocycles. The summed E-state index contributed by atoms with van der Waals surface area (Å²) in [5.41, 5.74) is 1.39. The fourth-order valence-corrected chi connectivity index (χ4v) is 2.94. The molecule has 0 bridgehead atoms. The van der Waals surface area contributed by atoms with Crippen LogP contribution in [0.4, 0.5) is 0 Å². The van der Waals surface area contributed by atoms with Crippen LogP contribution in [0.15, 0.2) is 43.0 Å². The van der Waals surface area contributed by atoms with Crippen LogP contribution < -0.4 is 5.32 Å². The van der Waals surface area contributed by atoms with Gasteiger partial charge in [0, 0.05) is 31.7 Å². The predicted octanol–water partition coefficient (Wildman–Crippen LogP) is 3.23. The molecule has 0 spiro atoms. The SMILES string of the molecule is C=CCN1CC(c2ccccc2)NCC1C(C)CC. The normalized spacial score (nSPS) is 26.0. The van der Waals surface area contributed by atoms with Crippen LogP contribution in [-0.2, 0) is 0 Å². The first-order valence-corrected chi connectivity index (χ1v) is 7.39. The number of hydrogen-bond acceptors (Lipinski definition) is 2. The van der Waals surface area contributed by atoms with E-state index in [1.165, 1.54) is 12.0 Å². The molecule has 3 unspecified atom stereocenters. The largest absolute Gasteiger partial charge is 0.307 e. The zero-order valence-corrected chi connectivity index (χ0v) is 12.2. The van der Waals surface area contributed by atoms with Gasteiger partial charge in [-0.3, -0.25) is 4.90 Å². The van der Waals surface area contributed by atoms with Gasteiger partial charge < -0.3 is 5.32 Å². The lowest BCUT2D eigenvalue weighted by molar-refractivity contribution is 0.104. The van der Waals surface area contributed by atoms with Gasteiger partial charge in [-0.05, 0) is 11.5 Å². The summed E-state index contributed by atoms with van der Waals surface area (Å²) in [6, 6.07) is 11.8. The molecule has 0 radical (unpaired) electrons. The molecule has 0 aliphatic carbocycles. The molecule has 1 saturated heterocycles. The van der Waals surface area contributed by atoms with Gasteiger partial charge in [0.15, 0.2) is 0 Å². The van der Waals surface area contributed by atoms with Crippen molar-refractivity contribution in [3.63, 3.8) is 0 Å². The van der Waals surface area contributed by atoms with Crippen LogP contribution in [0.1, 0.15) is 31.9 Å². The quantitative estimate of drug-likeness (QED) is 0.816. The highest BCUT2D eigenvalue weighted by Crippen LogP contribution is 2.24. The second kappa shape index (κ2) is 6.88. The third-order valence-electron chi connectivity index (χ3n) is 4.33. The molecule has 3 atom stereocenters. The van der Waals surface area contributed by atoms with Crippen LogP contribution in [-0.4, -0.2) is 30.6 Å². The lowest BCUT2D eigenvalue weighted by Gasteiger charge is -2.42. The number of piperazine rings is 1. The molecule has 0 aromatic heterocycles. The summed E-state index contributed by atoms with van der Waals surface area (Å²) in [7, 11) is 0. The van der Waals surface area contributed by atoms with E-state index < -0.39 is 0 Å². The van der Waals surface area contributed by atoms with Crippen molar-refractivity contribution >= 4 is 0 Å². The highest BCUT2D eigenvalue weighted by Gasteiger charge is 2.30. The molecule has 0 saturated carbocycles. The lowest BCUT2D eigenvalue weighted by atomic mass is 9.93. The highest BCUT2D eigenvalue weighted by atomic mass is 15.2. The average molecular weight is 258 g/mol. The number of rotatable bonds is 5. The van der Waals surface area contributed by atoms with Gasteiger partial charge in [0.25, 0.3) is 0 Å². The van der Waals surface area contributed by atoms with Gasteiger partial charge in [0.2, 0.25) is 0 Å². The maximum atomic E-state index is 3.91. The van der Waals surface area contributed by atoms with Crippen molar-refractivity contribution in [2.75, 3.05) is 19.6 Å². The van der Waals surface area contributed by atoms with E-state index in [2.05, 4.69) is 61.0 Å². The van der Waals surface area contributed by atoms with Crippen molar-refractivity contribution in [2.45, 2.75) is 32.4 Å². The van der Waals surface area contributed by atoms with E-state index in [9.17, 15) is 0 Å². The van der Waals surface area contributed by atoms with Crippen molar-refractivity contribution in [1.82, 2.24) is 10.2 Å². The molecular weight excluding hydrogens is 232 g/mol. The zero-order valence-electron chi connectivity index (χ0n) is 12.2. The first kappa shape index (κ1) is 14.3. The summed E-state index contributed by atoms with van der Waals surface area (Å²) in [4.78, 5) is 2.58. The zero-order chi connectivity index (χ0) is 13.7. The van der Waals surface area contributed by atoms with Gasteiger partial charge >= 0.3 is 0 Å². The first-order chi connectivity index (χ1) is 9.26. The molecule has 2 heteroatoms. The summed E-state index contributed by atoms with van der Waals surface area (Å²) >= 11 is 0. The van der Waals surface area contributed by atoms with Crippen LogP contribution in [0.5, 0.6) is 0 Å². The molecule has 2 rings (SSSR count).